The summed E-state index contributed by atoms with van der Waals surface area (Å²) < 4.78 is 49.6. The van der Waals surface area contributed by atoms with Gasteiger partial charge in [0.25, 0.3) is 0 Å². The molecule has 1 N–H and O–H groups in total. The molecule has 1 rings (SSSR count). The summed E-state index contributed by atoms with van der Waals surface area (Å²) >= 11 is 2.91. The van der Waals surface area contributed by atoms with Gasteiger partial charge < -0.3 is 5.11 Å². The first-order valence-electron chi connectivity index (χ1n) is 5.14. The lowest BCUT2D eigenvalue weighted by molar-refractivity contribution is 0.170. The predicted octanol–water partition coefficient (Wildman–Crippen LogP) is 2.06. The average Bonchev–Trinajstić information content (AvgIpc) is 2.27. The Morgan fingerprint density at radius 3 is 2.44 bits per heavy atom. The standard InChI is InChI=1S/C11H13BrF2O3S/c1-6(18(2,16)17)10(15)5-7-9(13)4-3-8(12)11(7)14/h3-4,6,10,15H,5H2,1-2H3. The van der Waals surface area contributed by atoms with Gasteiger partial charge in [0.15, 0.2) is 9.84 Å². The molecule has 0 aliphatic rings. The molecule has 1 aromatic rings. The lowest BCUT2D eigenvalue weighted by atomic mass is 10.0. The molecule has 0 aliphatic heterocycles. The van der Waals surface area contributed by atoms with E-state index in [2.05, 4.69) is 15.9 Å². The van der Waals surface area contributed by atoms with Gasteiger partial charge in [-0.3, -0.25) is 0 Å². The second kappa shape index (κ2) is 5.63. The van der Waals surface area contributed by atoms with E-state index in [0.29, 0.717) is 0 Å². The number of aliphatic hydroxyl groups excluding tert-OH is 1. The van der Waals surface area contributed by atoms with Crippen LogP contribution < -0.4 is 0 Å². The Morgan fingerprint density at radius 1 is 1.39 bits per heavy atom. The number of halogens is 3. The number of aliphatic hydroxyl groups is 1. The van der Waals surface area contributed by atoms with Gasteiger partial charge >= 0.3 is 0 Å². The number of rotatable bonds is 4. The van der Waals surface area contributed by atoms with E-state index in [4.69, 9.17) is 0 Å². The van der Waals surface area contributed by atoms with E-state index < -0.39 is 39.2 Å². The molecule has 0 radical (unpaired) electrons. The summed E-state index contributed by atoms with van der Waals surface area (Å²) in [5.41, 5.74) is -0.327. The topological polar surface area (TPSA) is 54.4 Å². The Hall–Kier alpha value is -0.530. The number of hydrogen-bond acceptors (Lipinski definition) is 3. The van der Waals surface area contributed by atoms with Crippen LogP contribution in [0.25, 0.3) is 0 Å². The molecule has 0 aromatic heterocycles. The van der Waals surface area contributed by atoms with Crippen molar-refractivity contribution in [2.45, 2.75) is 24.7 Å². The molecule has 0 saturated carbocycles. The predicted molar refractivity (Wildman–Crippen MR) is 68.1 cm³/mol. The molecular weight excluding hydrogens is 330 g/mol. The first-order valence-corrected chi connectivity index (χ1v) is 7.88. The van der Waals surface area contributed by atoms with E-state index in [1.807, 2.05) is 0 Å². The molecule has 102 valence electrons. The van der Waals surface area contributed by atoms with Crippen molar-refractivity contribution in [3.05, 3.63) is 33.8 Å². The second-order valence-electron chi connectivity index (χ2n) is 4.13. The molecule has 0 bridgehead atoms. The van der Waals surface area contributed by atoms with Crippen molar-refractivity contribution >= 4 is 25.8 Å². The van der Waals surface area contributed by atoms with Gasteiger partial charge in [0, 0.05) is 18.2 Å². The molecule has 1 aromatic carbocycles. The highest BCUT2D eigenvalue weighted by molar-refractivity contribution is 9.10. The molecule has 0 fully saturated rings. The molecule has 0 heterocycles. The molecular formula is C11H13BrF2O3S. The van der Waals surface area contributed by atoms with Crippen molar-refractivity contribution in [2.75, 3.05) is 6.26 Å². The highest BCUT2D eigenvalue weighted by Crippen LogP contribution is 2.23. The van der Waals surface area contributed by atoms with E-state index >= 15 is 0 Å². The minimum atomic E-state index is -3.46. The van der Waals surface area contributed by atoms with Crippen LogP contribution in [0, 0.1) is 11.6 Å². The maximum absolute atomic E-state index is 13.6. The van der Waals surface area contributed by atoms with E-state index in [0.717, 1.165) is 12.3 Å². The van der Waals surface area contributed by atoms with Gasteiger partial charge in [-0.2, -0.15) is 0 Å². The average molecular weight is 343 g/mol. The number of sulfone groups is 1. The molecule has 2 unspecified atom stereocenters. The SMILES string of the molecule is CC(C(O)Cc1c(F)ccc(Br)c1F)S(C)(=O)=O. The van der Waals surface area contributed by atoms with Crippen molar-refractivity contribution in [1.29, 1.82) is 0 Å². The summed E-state index contributed by atoms with van der Waals surface area (Å²) in [6.45, 7) is 1.30. The quantitative estimate of drug-likeness (QED) is 0.852. The normalized spacial score (nSPS) is 15.4. The Balaban J connectivity index is 3.02. The van der Waals surface area contributed by atoms with E-state index in [-0.39, 0.29) is 10.0 Å². The van der Waals surface area contributed by atoms with Gasteiger partial charge in [-0.25, -0.2) is 17.2 Å². The van der Waals surface area contributed by atoms with Crippen LogP contribution in [0.2, 0.25) is 0 Å². The summed E-state index contributed by atoms with van der Waals surface area (Å²) in [5.74, 6) is -1.63. The van der Waals surface area contributed by atoms with Gasteiger partial charge in [0.1, 0.15) is 11.6 Å². The van der Waals surface area contributed by atoms with Gasteiger partial charge in [0.2, 0.25) is 0 Å². The molecule has 0 saturated heterocycles. The summed E-state index contributed by atoms with van der Waals surface area (Å²) in [5, 5.41) is 8.63. The fraction of sp³-hybridized carbons (Fsp3) is 0.455. The summed E-state index contributed by atoms with van der Waals surface area (Å²) in [7, 11) is -3.46. The Bertz CT molecular complexity index is 545. The third-order valence-corrected chi connectivity index (χ3v) is 5.05. The first kappa shape index (κ1) is 15.5. The van der Waals surface area contributed by atoms with Crippen LogP contribution in [0.1, 0.15) is 12.5 Å². The van der Waals surface area contributed by atoms with Crippen molar-refractivity contribution < 1.29 is 22.3 Å². The zero-order chi connectivity index (χ0) is 14.1. The van der Waals surface area contributed by atoms with Gasteiger partial charge in [0.05, 0.1) is 15.8 Å². The van der Waals surface area contributed by atoms with E-state index in [1.165, 1.54) is 13.0 Å². The van der Waals surface area contributed by atoms with Gasteiger partial charge in [-0.05, 0) is 35.0 Å². The summed E-state index contributed by atoms with van der Waals surface area (Å²) in [4.78, 5) is 0. The smallest absolute Gasteiger partial charge is 0.152 e. The maximum atomic E-state index is 13.6. The maximum Gasteiger partial charge on any atom is 0.152 e. The fourth-order valence-electron chi connectivity index (χ4n) is 1.42. The molecule has 0 aliphatic carbocycles. The fourth-order valence-corrected chi connectivity index (χ4v) is 2.46. The van der Waals surface area contributed by atoms with Crippen LogP contribution in [0.15, 0.2) is 16.6 Å². The molecule has 2 atom stereocenters. The lowest BCUT2D eigenvalue weighted by Crippen LogP contribution is -2.32. The van der Waals surface area contributed by atoms with Crippen LogP contribution in [0.4, 0.5) is 8.78 Å². The summed E-state index contributed by atoms with van der Waals surface area (Å²) in [6, 6.07) is 2.26. The van der Waals surface area contributed by atoms with Crippen LogP contribution in [-0.4, -0.2) is 31.1 Å². The lowest BCUT2D eigenvalue weighted by Gasteiger charge is -2.18. The third kappa shape index (κ3) is 3.49. The second-order valence-corrected chi connectivity index (χ2v) is 7.38. The van der Waals surface area contributed by atoms with Gasteiger partial charge in [-0.15, -0.1) is 0 Å². The number of hydrogen-bond donors (Lipinski definition) is 1. The molecule has 0 spiro atoms. The molecule has 0 amide bonds. The van der Waals surface area contributed by atoms with Crippen molar-refractivity contribution in [1.82, 2.24) is 0 Å². The van der Waals surface area contributed by atoms with E-state index in [9.17, 15) is 22.3 Å². The Morgan fingerprint density at radius 2 is 1.94 bits per heavy atom. The highest BCUT2D eigenvalue weighted by Gasteiger charge is 2.26. The van der Waals surface area contributed by atoms with Crippen molar-refractivity contribution in [3.63, 3.8) is 0 Å². The van der Waals surface area contributed by atoms with Gasteiger partial charge in [-0.1, -0.05) is 0 Å². The van der Waals surface area contributed by atoms with Crippen molar-refractivity contribution in [3.8, 4) is 0 Å². The van der Waals surface area contributed by atoms with Crippen molar-refractivity contribution in [2.24, 2.45) is 0 Å². The number of benzene rings is 1. The monoisotopic (exact) mass is 342 g/mol. The Labute approximate surface area is 113 Å². The molecule has 3 nitrogen and oxygen atoms in total. The molecule has 7 heteroatoms. The first-order chi connectivity index (χ1) is 8.14. The molecule has 18 heavy (non-hydrogen) atoms. The minimum absolute atomic E-state index is 0.0677. The van der Waals surface area contributed by atoms with Crippen LogP contribution in [-0.2, 0) is 16.3 Å². The zero-order valence-corrected chi connectivity index (χ0v) is 12.2. The van der Waals surface area contributed by atoms with E-state index in [1.54, 1.807) is 0 Å². The zero-order valence-electron chi connectivity index (χ0n) is 9.82. The van der Waals surface area contributed by atoms with Crippen LogP contribution in [0.5, 0.6) is 0 Å². The van der Waals surface area contributed by atoms with Crippen LogP contribution in [0.3, 0.4) is 0 Å². The minimum Gasteiger partial charge on any atom is -0.391 e. The Kier molecular flexibility index (Phi) is 4.85. The largest absolute Gasteiger partial charge is 0.391 e. The highest BCUT2D eigenvalue weighted by atomic mass is 79.9. The van der Waals surface area contributed by atoms with Crippen LogP contribution >= 0.6 is 15.9 Å². The third-order valence-electron chi connectivity index (χ3n) is 2.77. The summed E-state index contributed by atoms with van der Waals surface area (Å²) in [6.07, 6.45) is -0.793.